The number of para-hydroxylation sites is 1. The molecule has 2 amide bonds. The van der Waals surface area contributed by atoms with E-state index in [0.717, 1.165) is 9.87 Å². The lowest BCUT2D eigenvalue weighted by atomic mass is 10.2. The van der Waals surface area contributed by atoms with Crippen molar-refractivity contribution in [3.8, 4) is 5.69 Å². The number of hydrogen-bond acceptors (Lipinski definition) is 5. The lowest BCUT2D eigenvalue weighted by molar-refractivity contribution is -0.121. The Kier molecular flexibility index (Phi) is 6.47. The van der Waals surface area contributed by atoms with Crippen LogP contribution in [0.25, 0.3) is 5.69 Å². The van der Waals surface area contributed by atoms with Gasteiger partial charge < -0.3 is 0 Å². The molecule has 0 unspecified atom stereocenters. The molecular formula is C20H20FN5O4S. The van der Waals surface area contributed by atoms with E-state index in [0.29, 0.717) is 0 Å². The number of rotatable bonds is 6. The molecule has 0 aliphatic rings. The maximum atomic E-state index is 13.8. The van der Waals surface area contributed by atoms with Crippen LogP contribution in [0.2, 0.25) is 0 Å². The largest absolute Gasteiger partial charge is 0.290 e. The molecule has 1 aromatic heterocycles. The molecule has 162 valence electrons. The molecule has 3 rings (SSSR count). The molecule has 2 N–H and O–H groups in total. The Balaban J connectivity index is 1.58. The first-order valence-corrected chi connectivity index (χ1v) is 10.6. The number of sulfonamides is 1. The van der Waals surface area contributed by atoms with E-state index >= 15 is 0 Å². The molecule has 11 heteroatoms. The van der Waals surface area contributed by atoms with E-state index in [1.54, 1.807) is 18.2 Å². The standard InChI is InChI=1S/C20H20FN5O4S/c1-14-7-9-15(10-8-14)31(29,30)25(2)13-19(27)22-23-20(28)17-11-12-26(24-17)18-6-4-3-5-16(18)21/h3-12H,13H2,1-2H3,(H,22,27)(H,23,28). The molecule has 31 heavy (non-hydrogen) atoms. The van der Waals surface area contributed by atoms with Crippen LogP contribution < -0.4 is 10.9 Å². The van der Waals surface area contributed by atoms with E-state index in [9.17, 15) is 22.4 Å². The number of hydrogen-bond donors (Lipinski definition) is 2. The van der Waals surface area contributed by atoms with Crippen LogP contribution in [0, 0.1) is 12.7 Å². The van der Waals surface area contributed by atoms with Crippen molar-refractivity contribution in [1.82, 2.24) is 24.9 Å². The maximum Gasteiger partial charge on any atom is 0.290 e. The number of carbonyl (C=O) groups is 2. The van der Waals surface area contributed by atoms with Gasteiger partial charge in [0, 0.05) is 13.2 Å². The lowest BCUT2D eigenvalue weighted by Gasteiger charge is -2.17. The summed E-state index contributed by atoms with van der Waals surface area (Å²) in [4.78, 5) is 24.3. The van der Waals surface area contributed by atoms with Crippen molar-refractivity contribution in [2.75, 3.05) is 13.6 Å². The van der Waals surface area contributed by atoms with Gasteiger partial charge in [0.2, 0.25) is 10.0 Å². The highest BCUT2D eigenvalue weighted by Gasteiger charge is 2.23. The van der Waals surface area contributed by atoms with Crippen LogP contribution in [0.15, 0.2) is 65.7 Å². The number of nitrogens with one attached hydrogen (secondary N) is 2. The van der Waals surface area contributed by atoms with E-state index in [4.69, 9.17) is 0 Å². The van der Waals surface area contributed by atoms with E-state index in [2.05, 4.69) is 16.0 Å². The highest BCUT2D eigenvalue weighted by Crippen LogP contribution is 2.15. The number of halogens is 1. The summed E-state index contributed by atoms with van der Waals surface area (Å²) in [6, 6.07) is 13.5. The zero-order valence-corrected chi connectivity index (χ0v) is 17.6. The van der Waals surface area contributed by atoms with Gasteiger partial charge in [-0.2, -0.15) is 9.40 Å². The first kappa shape index (κ1) is 22.1. The zero-order valence-electron chi connectivity index (χ0n) is 16.7. The van der Waals surface area contributed by atoms with Gasteiger partial charge in [0.25, 0.3) is 11.8 Å². The molecule has 0 fully saturated rings. The predicted octanol–water partition coefficient (Wildman–Crippen LogP) is 1.40. The zero-order chi connectivity index (χ0) is 22.6. The van der Waals surface area contributed by atoms with Crippen LogP contribution in [0.5, 0.6) is 0 Å². The fraction of sp³-hybridized carbons (Fsp3) is 0.150. The number of nitrogens with zero attached hydrogens (tertiary/aromatic N) is 3. The molecule has 0 saturated carbocycles. The van der Waals surface area contributed by atoms with Crippen molar-refractivity contribution < 1.29 is 22.4 Å². The first-order chi connectivity index (χ1) is 14.7. The molecule has 1 heterocycles. The molecule has 0 aliphatic heterocycles. The minimum absolute atomic E-state index is 0.0520. The normalized spacial score (nSPS) is 11.4. The monoisotopic (exact) mass is 445 g/mol. The SMILES string of the molecule is Cc1ccc(S(=O)(=O)N(C)CC(=O)NNC(=O)c2ccn(-c3ccccc3F)n2)cc1. The van der Waals surface area contributed by atoms with Crippen LogP contribution >= 0.6 is 0 Å². The number of benzene rings is 2. The number of hydrazine groups is 1. The third kappa shape index (κ3) is 5.13. The van der Waals surface area contributed by atoms with Crippen molar-refractivity contribution in [2.45, 2.75) is 11.8 Å². The van der Waals surface area contributed by atoms with Gasteiger partial charge in [-0.15, -0.1) is 0 Å². The summed E-state index contributed by atoms with van der Waals surface area (Å²) >= 11 is 0. The van der Waals surface area contributed by atoms with E-state index < -0.39 is 34.2 Å². The number of carbonyl (C=O) groups excluding carboxylic acids is 2. The van der Waals surface area contributed by atoms with Crippen LogP contribution in [-0.2, 0) is 14.8 Å². The summed E-state index contributed by atoms with van der Waals surface area (Å²) in [6.45, 7) is 1.32. The van der Waals surface area contributed by atoms with Gasteiger partial charge in [0.15, 0.2) is 5.69 Å². The maximum absolute atomic E-state index is 13.8. The van der Waals surface area contributed by atoms with Crippen molar-refractivity contribution in [2.24, 2.45) is 0 Å². The third-order valence-corrected chi connectivity index (χ3v) is 6.15. The Morgan fingerprint density at radius 3 is 2.42 bits per heavy atom. The predicted molar refractivity (Wildman–Crippen MR) is 110 cm³/mol. The quantitative estimate of drug-likeness (QED) is 0.557. The fourth-order valence-electron chi connectivity index (χ4n) is 2.62. The lowest BCUT2D eigenvalue weighted by Crippen LogP contribution is -2.46. The van der Waals surface area contributed by atoms with Crippen LogP contribution in [0.3, 0.4) is 0 Å². The number of aryl methyl sites for hydroxylation is 1. The minimum Gasteiger partial charge on any atom is -0.272 e. The molecule has 0 radical (unpaired) electrons. The fourth-order valence-corrected chi connectivity index (χ4v) is 3.75. The van der Waals surface area contributed by atoms with Gasteiger partial charge in [-0.1, -0.05) is 29.8 Å². The Morgan fingerprint density at radius 2 is 1.74 bits per heavy atom. The second-order valence-corrected chi connectivity index (χ2v) is 8.72. The van der Waals surface area contributed by atoms with Gasteiger partial charge >= 0.3 is 0 Å². The van der Waals surface area contributed by atoms with Gasteiger partial charge in [0.1, 0.15) is 11.5 Å². The molecular weight excluding hydrogens is 425 g/mol. The molecule has 0 spiro atoms. The minimum atomic E-state index is -3.86. The average Bonchev–Trinajstić information content (AvgIpc) is 3.22. The van der Waals surface area contributed by atoms with E-state index in [1.165, 1.54) is 54.3 Å². The molecule has 3 aromatic rings. The summed E-state index contributed by atoms with van der Waals surface area (Å²) in [5.74, 6) is -2.00. The molecule has 0 bridgehead atoms. The summed E-state index contributed by atoms with van der Waals surface area (Å²) < 4.78 is 40.9. The highest BCUT2D eigenvalue weighted by atomic mass is 32.2. The third-order valence-electron chi connectivity index (χ3n) is 4.33. The summed E-state index contributed by atoms with van der Waals surface area (Å²) in [5, 5.41) is 3.97. The summed E-state index contributed by atoms with van der Waals surface area (Å²) in [7, 11) is -2.61. The molecule has 0 aliphatic carbocycles. The number of likely N-dealkylation sites (N-methyl/N-ethyl adjacent to an activating group) is 1. The van der Waals surface area contributed by atoms with E-state index in [-0.39, 0.29) is 16.3 Å². The Morgan fingerprint density at radius 1 is 1.06 bits per heavy atom. The van der Waals surface area contributed by atoms with Gasteiger partial charge in [-0.05, 0) is 37.3 Å². The van der Waals surface area contributed by atoms with Crippen LogP contribution in [0.4, 0.5) is 4.39 Å². The van der Waals surface area contributed by atoms with Crippen molar-refractivity contribution in [1.29, 1.82) is 0 Å². The Labute approximate surface area is 178 Å². The summed E-state index contributed by atoms with van der Waals surface area (Å²) in [5.41, 5.74) is 5.29. The second-order valence-electron chi connectivity index (χ2n) is 6.67. The molecule has 9 nitrogen and oxygen atoms in total. The van der Waals surface area contributed by atoms with Crippen LogP contribution in [0.1, 0.15) is 16.1 Å². The molecule has 0 atom stereocenters. The van der Waals surface area contributed by atoms with E-state index in [1.807, 2.05) is 6.92 Å². The second kappa shape index (κ2) is 9.06. The van der Waals surface area contributed by atoms with Gasteiger partial charge in [0.05, 0.1) is 11.4 Å². The summed E-state index contributed by atoms with van der Waals surface area (Å²) in [6.07, 6.45) is 1.40. The smallest absolute Gasteiger partial charge is 0.272 e. The van der Waals surface area contributed by atoms with Gasteiger partial charge in [-0.25, -0.2) is 17.5 Å². The Hall–Kier alpha value is -3.57. The average molecular weight is 445 g/mol. The molecule has 0 saturated heterocycles. The number of amides is 2. The molecule has 2 aromatic carbocycles. The van der Waals surface area contributed by atoms with Gasteiger partial charge in [-0.3, -0.25) is 20.4 Å². The first-order valence-electron chi connectivity index (χ1n) is 9.11. The van der Waals surface area contributed by atoms with Crippen molar-refractivity contribution in [3.05, 3.63) is 77.9 Å². The van der Waals surface area contributed by atoms with Crippen molar-refractivity contribution in [3.63, 3.8) is 0 Å². The topological polar surface area (TPSA) is 113 Å². The highest BCUT2D eigenvalue weighted by molar-refractivity contribution is 7.89. The van der Waals surface area contributed by atoms with Crippen LogP contribution in [-0.4, -0.2) is 47.9 Å². The Bertz CT molecular complexity index is 1210. The van der Waals surface area contributed by atoms with Crippen molar-refractivity contribution >= 4 is 21.8 Å². The number of aromatic nitrogens is 2.